The molecule has 0 saturated heterocycles. The van der Waals surface area contributed by atoms with Crippen molar-refractivity contribution < 1.29 is 19.1 Å². The van der Waals surface area contributed by atoms with Gasteiger partial charge >= 0.3 is 5.97 Å². The molecule has 0 spiro atoms. The van der Waals surface area contributed by atoms with Gasteiger partial charge < -0.3 is 15.4 Å². The third-order valence-electron chi connectivity index (χ3n) is 3.56. The van der Waals surface area contributed by atoms with Crippen molar-refractivity contribution >= 4 is 23.5 Å². The first kappa shape index (κ1) is 19.2. The van der Waals surface area contributed by atoms with E-state index in [-0.39, 0.29) is 12.5 Å². The van der Waals surface area contributed by atoms with E-state index >= 15 is 0 Å². The molecular weight excluding hydrogens is 332 g/mol. The molecule has 0 aliphatic carbocycles. The number of amides is 2. The minimum absolute atomic E-state index is 0.296. The average Bonchev–Trinajstić information content (AvgIpc) is 2.57. The quantitative estimate of drug-likeness (QED) is 0.781. The van der Waals surface area contributed by atoms with Crippen LogP contribution in [0.1, 0.15) is 29.7 Å². The first-order valence-corrected chi connectivity index (χ1v) is 8.23. The Labute approximate surface area is 152 Å². The third-order valence-corrected chi connectivity index (χ3v) is 3.56. The topological polar surface area (TPSA) is 84.5 Å². The molecule has 2 aromatic rings. The highest BCUT2D eigenvalue weighted by molar-refractivity contribution is 5.96. The van der Waals surface area contributed by atoms with Gasteiger partial charge in [0.05, 0.1) is 0 Å². The Hall–Kier alpha value is -3.15. The Bertz CT molecular complexity index is 782. The van der Waals surface area contributed by atoms with Crippen LogP contribution in [0.3, 0.4) is 0 Å². The van der Waals surface area contributed by atoms with Gasteiger partial charge in [0.1, 0.15) is 6.54 Å². The third kappa shape index (κ3) is 5.73. The van der Waals surface area contributed by atoms with Crippen LogP contribution in [0.5, 0.6) is 0 Å². The number of benzene rings is 2. The fourth-order valence-electron chi connectivity index (χ4n) is 2.53. The van der Waals surface area contributed by atoms with Gasteiger partial charge in [-0.25, -0.2) is 0 Å². The van der Waals surface area contributed by atoms with E-state index in [9.17, 15) is 14.4 Å². The van der Waals surface area contributed by atoms with E-state index in [0.29, 0.717) is 11.3 Å². The fraction of sp³-hybridized carbons (Fsp3) is 0.250. The molecule has 2 amide bonds. The number of hydrogen-bond acceptors (Lipinski definition) is 4. The molecule has 6 heteroatoms. The van der Waals surface area contributed by atoms with Crippen molar-refractivity contribution in [1.82, 2.24) is 5.32 Å². The van der Waals surface area contributed by atoms with Gasteiger partial charge in [-0.05, 0) is 37.1 Å². The van der Waals surface area contributed by atoms with Gasteiger partial charge in [0, 0.05) is 18.2 Å². The lowest BCUT2D eigenvalue weighted by atomic mass is 10.1. The van der Waals surface area contributed by atoms with Crippen LogP contribution < -0.4 is 10.6 Å². The summed E-state index contributed by atoms with van der Waals surface area (Å²) in [6.45, 7) is 4.87. The predicted molar refractivity (Wildman–Crippen MR) is 98.5 cm³/mol. The largest absolute Gasteiger partial charge is 0.446 e. The van der Waals surface area contributed by atoms with Crippen LogP contribution >= 0.6 is 0 Å². The van der Waals surface area contributed by atoms with Gasteiger partial charge in [-0.1, -0.05) is 36.4 Å². The second kappa shape index (κ2) is 8.80. The highest BCUT2D eigenvalue weighted by Crippen LogP contribution is 2.21. The number of carbonyl (C=O) groups excluding carboxylic acids is 3. The smallest absolute Gasteiger partial charge is 0.326 e. The Morgan fingerprint density at radius 2 is 1.62 bits per heavy atom. The molecule has 0 aromatic heterocycles. The second-order valence-electron chi connectivity index (χ2n) is 6.06. The molecule has 2 aromatic carbocycles. The van der Waals surface area contributed by atoms with Gasteiger partial charge in [0.15, 0.2) is 0 Å². The van der Waals surface area contributed by atoms with E-state index in [4.69, 9.17) is 4.74 Å². The van der Waals surface area contributed by atoms with Crippen LogP contribution in [-0.4, -0.2) is 24.3 Å². The maximum absolute atomic E-state index is 12.7. The van der Waals surface area contributed by atoms with Gasteiger partial charge in [-0.2, -0.15) is 0 Å². The zero-order valence-electron chi connectivity index (χ0n) is 15.0. The number of anilines is 1. The van der Waals surface area contributed by atoms with Gasteiger partial charge in [-0.3, -0.25) is 14.4 Å². The normalized spacial score (nSPS) is 11.3. The molecule has 0 aliphatic heterocycles. The highest BCUT2D eigenvalue weighted by atomic mass is 16.5. The summed E-state index contributed by atoms with van der Waals surface area (Å²) in [5.74, 6) is -1.50. The average molecular weight is 354 g/mol. The summed E-state index contributed by atoms with van der Waals surface area (Å²) < 4.78 is 5.32. The van der Waals surface area contributed by atoms with Crippen LogP contribution in [-0.2, 0) is 19.1 Å². The molecule has 0 radical (unpaired) electrons. The predicted octanol–water partition coefficient (Wildman–Crippen LogP) is 2.66. The number of nitrogens with one attached hydrogen (secondary N) is 2. The number of hydrogen-bond donors (Lipinski definition) is 2. The Kier molecular flexibility index (Phi) is 6.49. The molecule has 2 N–H and O–H groups in total. The molecule has 0 fully saturated rings. The van der Waals surface area contributed by atoms with E-state index in [1.165, 1.54) is 6.92 Å². The standard InChI is InChI=1S/C20H22N2O4/c1-13-9-14(2)11-17(10-13)22-20(25)19(16-7-5-4-6-8-16)26-18(24)12-21-15(3)23/h4-11,19H,12H2,1-3H3,(H,21,23)(H,22,25)/t19-/m1/s1. The zero-order chi connectivity index (χ0) is 19.1. The van der Waals surface area contributed by atoms with Crippen molar-refractivity contribution in [3.05, 3.63) is 65.2 Å². The van der Waals surface area contributed by atoms with Crippen molar-refractivity contribution in [3.8, 4) is 0 Å². The Morgan fingerprint density at radius 3 is 2.19 bits per heavy atom. The lowest BCUT2D eigenvalue weighted by Crippen LogP contribution is -2.32. The van der Waals surface area contributed by atoms with Crippen LogP contribution in [0, 0.1) is 13.8 Å². The summed E-state index contributed by atoms with van der Waals surface area (Å²) in [5.41, 5.74) is 3.20. The summed E-state index contributed by atoms with van der Waals surface area (Å²) in [6.07, 6.45) is -1.11. The summed E-state index contributed by atoms with van der Waals surface area (Å²) in [4.78, 5) is 35.7. The number of ether oxygens (including phenoxy) is 1. The van der Waals surface area contributed by atoms with Gasteiger partial charge in [0.25, 0.3) is 5.91 Å². The highest BCUT2D eigenvalue weighted by Gasteiger charge is 2.25. The van der Waals surface area contributed by atoms with Crippen LogP contribution in [0.4, 0.5) is 5.69 Å². The summed E-state index contributed by atoms with van der Waals surface area (Å²) in [5, 5.41) is 5.15. The summed E-state index contributed by atoms with van der Waals surface area (Å²) in [6, 6.07) is 14.4. The van der Waals surface area contributed by atoms with Crippen molar-refractivity contribution in [1.29, 1.82) is 0 Å². The molecule has 0 unspecified atom stereocenters. The Balaban J connectivity index is 2.18. The molecule has 1 atom stereocenters. The van der Waals surface area contributed by atoms with E-state index in [1.54, 1.807) is 24.3 Å². The lowest BCUT2D eigenvalue weighted by Gasteiger charge is -2.18. The summed E-state index contributed by atoms with van der Waals surface area (Å²) >= 11 is 0. The molecule has 26 heavy (non-hydrogen) atoms. The fourth-order valence-corrected chi connectivity index (χ4v) is 2.53. The van der Waals surface area contributed by atoms with Crippen LogP contribution in [0.15, 0.2) is 48.5 Å². The van der Waals surface area contributed by atoms with Crippen molar-refractivity contribution in [3.63, 3.8) is 0 Å². The monoisotopic (exact) mass is 354 g/mol. The maximum atomic E-state index is 12.7. The van der Waals surface area contributed by atoms with E-state index in [1.807, 2.05) is 38.1 Å². The van der Waals surface area contributed by atoms with Gasteiger partial charge in [-0.15, -0.1) is 0 Å². The van der Waals surface area contributed by atoms with Crippen molar-refractivity contribution in [2.45, 2.75) is 26.9 Å². The van der Waals surface area contributed by atoms with Crippen molar-refractivity contribution in [2.24, 2.45) is 0 Å². The minimum atomic E-state index is -1.11. The van der Waals surface area contributed by atoms with Gasteiger partial charge in [0.2, 0.25) is 12.0 Å². The van der Waals surface area contributed by atoms with Crippen molar-refractivity contribution in [2.75, 3.05) is 11.9 Å². The number of esters is 1. The Morgan fingerprint density at radius 1 is 1.00 bits per heavy atom. The molecular formula is C20H22N2O4. The number of rotatable bonds is 6. The molecule has 2 rings (SSSR count). The first-order chi connectivity index (χ1) is 12.3. The molecule has 0 saturated carbocycles. The first-order valence-electron chi connectivity index (χ1n) is 8.23. The van der Waals surface area contributed by atoms with E-state index in [2.05, 4.69) is 10.6 Å². The minimum Gasteiger partial charge on any atom is -0.446 e. The lowest BCUT2D eigenvalue weighted by molar-refractivity contribution is -0.154. The molecule has 6 nitrogen and oxygen atoms in total. The summed E-state index contributed by atoms with van der Waals surface area (Å²) in [7, 11) is 0. The number of carbonyl (C=O) groups is 3. The molecule has 0 bridgehead atoms. The van der Waals surface area contributed by atoms with Crippen LogP contribution in [0.25, 0.3) is 0 Å². The zero-order valence-corrected chi connectivity index (χ0v) is 15.0. The SMILES string of the molecule is CC(=O)NCC(=O)O[C@@H](C(=O)Nc1cc(C)cc(C)c1)c1ccccc1. The van der Waals surface area contributed by atoms with Crippen LogP contribution in [0.2, 0.25) is 0 Å². The number of aryl methyl sites for hydroxylation is 2. The molecule has 136 valence electrons. The van der Waals surface area contributed by atoms with E-state index in [0.717, 1.165) is 11.1 Å². The second-order valence-corrected chi connectivity index (χ2v) is 6.06. The molecule has 0 aliphatic rings. The maximum Gasteiger partial charge on any atom is 0.326 e. The molecule has 0 heterocycles. The van der Waals surface area contributed by atoms with E-state index < -0.39 is 18.0 Å².